The molecule has 2 amide bonds. The molecule has 0 radical (unpaired) electrons. The predicted octanol–water partition coefficient (Wildman–Crippen LogP) is 4.07. The molecule has 8 nitrogen and oxygen atoms in total. The van der Waals surface area contributed by atoms with Crippen LogP contribution in [0.1, 0.15) is 43.5 Å². The Balaban J connectivity index is 1.51. The van der Waals surface area contributed by atoms with E-state index in [1.165, 1.54) is 29.2 Å². The number of halogens is 1. The number of carbonyl (C=O) groups is 3. The lowest BCUT2D eigenvalue weighted by Gasteiger charge is -2.32. The van der Waals surface area contributed by atoms with Crippen molar-refractivity contribution in [1.29, 1.82) is 0 Å². The van der Waals surface area contributed by atoms with Gasteiger partial charge < -0.3 is 19.9 Å². The smallest absolute Gasteiger partial charge is 0.338 e. The first-order valence-corrected chi connectivity index (χ1v) is 13.4. The van der Waals surface area contributed by atoms with Gasteiger partial charge in [-0.25, -0.2) is 9.18 Å². The van der Waals surface area contributed by atoms with Crippen molar-refractivity contribution in [3.63, 3.8) is 0 Å². The summed E-state index contributed by atoms with van der Waals surface area (Å²) in [6.07, 6.45) is 2.16. The van der Waals surface area contributed by atoms with Gasteiger partial charge in [0.2, 0.25) is 5.91 Å². The second-order valence-corrected chi connectivity index (χ2v) is 10.1. The third-order valence-electron chi connectivity index (χ3n) is 7.00. The number of hydrogen-bond donors (Lipinski definition) is 1. The van der Waals surface area contributed by atoms with E-state index in [0.717, 1.165) is 32.5 Å². The number of piperidine rings is 1. The van der Waals surface area contributed by atoms with E-state index >= 15 is 0 Å². The van der Waals surface area contributed by atoms with Gasteiger partial charge in [-0.3, -0.25) is 14.5 Å². The summed E-state index contributed by atoms with van der Waals surface area (Å²) < 4.78 is 18.3. The Kier molecular flexibility index (Phi) is 9.06. The molecule has 0 bridgehead atoms. The van der Waals surface area contributed by atoms with Crippen LogP contribution in [0.2, 0.25) is 0 Å². The lowest BCUT2D eigenvalue weighted by molar-refractivity contribution is -0.124. The van der Waals surface area contributed by atoms with Gasteiger partial charge in [0.05, 0.1) is 24.3 Å². The molecule has 2 aliphatic heterocycles. The van der Waals surface area contributed by atoms with Crippen molar-refractivity contribution in [3.05, 3.63) is 59.9 Å². The number of amides is 2. The summed E-state index contributed by atoms with van der Waals surface area (Å²) in [5, 5.41) is 3.06. The molecule has 10 heteroatoms. The van der Waals surface area contributed by atoms with Gasteiger partial charge in [0.15, 0.2) is 5.11 Å². The normalized spacial score (nSPS) is 18.7. The first-order chi connectivity index (χ1) is 18.3. The van der Waals surface area contributed by atoms with Crippen molar-refractivity contribution in [2.45, 2.75) is 39.2 Å². The third-order valence-corrected chi connectivity index (χ3v) is 7.41. The Bertz CT molecular complexity index is 1170. The first kappa shape index (κ1) is 27.7. The zero-order chi connectivity index (χ0) is 27.2. The zero-order valence-corrected chi connectivity index (χ0v) is 22.5. The summed E-state index contributed by atoms with van der Waals surface area (Å²) >= 11 is 5.75. The molecule has 4 rings (SSSR count). The van der Waals surface area contributed by atoms with Crippen LogP contribution in [0.25, 0.3) is 0 Å². The van der Waals surface area contributed by atoms with Crippen molar-refractivity contribution >= 4 is 46.5 Å². The molecule has 2 fully saturated rings. The molecule has 0 saturated carbocycles. The van der Waals surface area contributed by atoms with Gasteiger partial charge in [0.1, 0.15) is 11.9 Å². The molecule has 2 aromatic carbocycles. The number of nitrogens with zero attached hydrogens (tertiary/aromatic N) is 3. The predicted molar refractivity (Wildman–Crippen MR) is 147 cm³/mol. The molecule has 2 saturated heterocycles. The Morgan fingerprint density at radius 1 is 1.05 bits per heavy atom. The number of benzene rings is 2. The van der Waals surface area contributed by atoms with Crippen molar-refractivity contribution in [1.82, 2.24) is 9.80 Å². The van der Waals surface area contributed by atoms with Crippen LogP contribution in [0.3, 0.4) is 0 Å². The first-order valence-electron chi connectivity index (χ1n) is 13.0. The fourth-order valence-corrected chi connectivity index (χ4v) is 5.16. The molecule has 1 atom stereocenters. The Morgan fingerprint density at radius 3 is 2.34 bits per heavy atom. The summed E-state index contributed by atoms with van der Waals surface area (Å²) in [6, 6.07) is 11.2. The number of hydrogen-bond acceptors (Lipinski definition) is 6. The summed E-state index contributed by atoms with van der Waals surface area (Å²) in [5.41, 5.74) is 1.34. The number of carbonyl (C=O) groups excluding carboxylic acids is 3. The molecule has 1 N–H and O–H groups in total. The van der Waals surface area contributed by atoms with E-state index in [1.54, 1.807) is 31.2 Å². The number of rotatable bonds is 9. The van der Waals surface area contributed by atoms with Crippen molar-refractivity contribution in [2.24, 2.45) is 5.92 Å². The highest BCUT2D eigenvalue weighted by Crippen LogP contribution is 2.28. The monoisotopic (exact) mass is 540 g/mol. The van der Waals surface area contributed by atoms with Crippen LogP contribution in [0.4, 0.5) is 15.8 Å². The number of thiocarbonyl (C=S) groups is 1. The molecule has 0 aromatic heterocycles. The molecule has 0 unspecified atom stereocenters. The fourth-order valence-electron chi connectivity index (χ4n) is 4.74. The standard InChI is InChI=1S/C28H33FN4O4S/c1-3-37-27(36)20-4-10-23(11-5-20)33-26(35)24(18-25(34)30-22-8-6-21(29)7-9-22)32(28(33)38)17-16-31-14-12-19(2)13-15-31/h4-11,19,24H,3,12-18H2,1-2H3,(H,30,34)/t24-/m1/s1. The number of ether oxygens (including phenoxy) is 1. The van der Waals surface area contributed by atoms with Gasteiger partial charge in [-0.2, -0.15) is 0 Å². The largest absolute Gasteiger partial charge is 0.462 e. The van der Waals surface area contributed by atoms with Crippen LogP contribution < -0.4 is 10.2 Å². The van der Waals surface area contributed by atoms with Crippen molar-refractivity contribution < 1.29 is 23.5 Å². The highest BCUT2D eigenvalue weighted by atomic mass is 32.1. The number of anilines is 2. The van der Waals surface area contributed by atoms with Crippen LogP contribution in [0.5, 0.6) is 0 Å². The van der Waals surface area contributed by atoms with Gasteiger partial charge in [-0.1, -0.05) is 6.92 Å². The zero-order valence-electron chi connectivity index (χ0n) is 21.7. The quantitative estimate of drug-likeness (QED) is 0.379. The Hall–Kier alpha value is -3.37. The molecule has 202 valence electrons. The van der Waals surface area contributed by atoms with Crippen LogP contribution in [0.15, 0.2) is 48.5 Å². The molecule has 0 spiro atoms. The highest BCUT2D eigenvalue weighted by Gasteiger charge is 2.44. The van der Waals surface area contributed by atoms with Crippen LogP contribution in [0, 0.1) is 11.7 Å². The highest BCUT2D eigenvalue weighted by molar-refractivity contribution is 7.80. The second kappa shape index (κ2) is 12.4. The molecule has 2 aromatic rings. The van der Waals surface area contributed by atoms with E-state index in [-0.39, 0.29) is 24.8 Å². The lowest BCUT2D eigenvalue weighted by atomic mass is 9.99. The van der Waals surface area contributed by atoms with Crippen molar-refractivity contribution in [3.8, 4) is 0 Å². The topological polar surface area (TPSA) is 82.2 Å². The van der Waals surface area contributed by atoms with E-state index in [0.29, 0.717) is 34.5 Å². The second-order valence-electron chi connectivity index (χ2n) is 9.72. The third kappa shape index (κ3) is 6.54. The van der Waals surface area contributed by atoms with Gasteiger partial charge in [-0.05, 0) is 99.5 Å². The van der Waals surface area contributed by atoms with Gasteiger partial charge in [0.25, 0.3) is 5.91 Å². The average molecular weight is 541 g/mol. The van der Waals surface area contributed by atoms with Crippen molar-refractivity contribution in [2.75, 3.05) is 43.0 Å². The van der Waals surface area contributed by atoms with Gasteiger partial charge >= 0.3 is 5.97 Å². The lowest BCUT2D eigenvalue weighted by Crippen LogP contribution is -2.44. The van der Waals surface area contributed by atoms with E-state index in [4.69, 9.17) is 17.0 Å². The summed E-state index contributed by atoms with van der Waals surface area (Å²) in [5.74, 6) is -0.810. The van der Waals surface area contributed by atoms with Crippen LogP contribution in [-0.2, 0) is 14.3 Å². The maximum atomic E-state index is 13.6. The Morgan fingerprint density at radius 2 is 1.71 bits per heavy atom. The minimum atomic E-state index is -0.781. The molecule has 2 heterocycles. The summed E-state index contributed by atoms with van der Waals surface area (Å²) in [6.45, 7) is 7.47. The molecular formula is C28H33FN4O4S. The molecule has 38 heavy (non-hydrogen) atoms. The number of esters is 1. The molecule has 2 aliphatic rings. The Labute approximate surface area is 227 Å². The van der Waals surface area contributed by atoms with Gasteiger partial charge in [-0.15, -0.1) is 0 Å². The van der Waals surface area contributed by atoms with E-state index in [9.17, 15) is 18.8 Å². The minimum absolute atomic E-state index is 0.106. The van der Waals surface area contributed by atoms with Crippen LogP contribution >= 0.6 is 12.2 Å². The van der Waals surface area contributed by atoms with E-state index < -0.39 is 17.8 Å². The average Bonchev–Trinajstić information content (AvgIpc) is 3.13. The van der Waals surface area contributed by atoms with E-state index in [1.807, 2.05) is 4.90 Å². The maximum absolute atomic E-state index is 13.6. The summed E-state index contributed by atoms with van der Waals surface area (Å²) in [7, 11) is 0. The SMILES string of the molecule is CCOC(=O)c1ccc(N2C(=O)[C@@H](CC(=O)Nc3ccc(F)cc3)N(CCN3CCC(C)CC3)C2=S)cc1. The number of likely N-dealkylation sites (tertiary alicyclic amines) is 1. The van der Waals surface area contributed by atoms with Gasteiger partial charge in [0, 0.05) is 18.8 Å². The minimum Gasteiger partial charge on any atom is -0.462 e. The van der Waals surface area contributed by atoms with Crippen LogP contribution in [-0.4, -0.2) is 71.5 Å². The molecular weight excluding hydrogens is 507 g/mol. The summed E-state index contributed by atoms with van der Waals surface area (Å²) in [4.78, 5) is 44.2. The molecule has 0 aliphatic carbocycles. The van der Waals surface area contributed by atoms with E-state index in [2.05, 4.69) is 17.1 Å². The fraction of sp³-hybridized carbons (Fsp3) is 0.429. The number of nitrogens with one attached hydrogen (secondary N) is 1. The maximum Gasteiger partial charge on any atom is 0.338 e.